The van der Waals surface area contributed by atoms with Crippen molar-refractivity contribution in [3.8, 4) is 23.0 Å². The molecule has 4 aromatic carbocycles. The summed E-state index contributed by atoms with van der Waals surface area (Å²) in [7, 11) is 3.53. The van der Waals surface area contributed by atoms with Crippen LogP contribution in [-0.2, 0) is 29.0 Å². The van der Waals surface area contributed by atoms with Crippen LogP contribution in [0.5, 0.6) is 23.0 Å². The van der Waals surface area contributed by atoms with Crippen molar-refractivity contribution >= 4 is 80.6 Å². The number of alkyl halides is 6. The Balaban J connectivity index is 0.000000184. The second kappa shape index (κ2) is 24.2. The van der Waals surface area contributed by atoms with Crippen molar-refractivity contribution in [2.24, 2.45) is 12.0 Å². The molecule has 0 bridgehead atoms. The van der Waals surface area contributed by atoms with Crippen molar-refractivity contribution in [3.05, 3.63) is 132 Å². The van der Waals surface area contributed by atoms with Gasteiger partial charge in [0.1, 0.15) is 46.3 Å². The molecule has 16 nitrogen and oxygen atoms in total. The quantitative estimate of drug-likeness (QED) is 0.0300. The molecule has 3 aromatic heterocycles. The molecule has 0 saturated carbocycles. The number of ether oxygens (including phenoxy) is 2. The van der Waals surface area contributed by atoms with E-state index in [4.69, 9.17) is 15.2 Å². The minimum Gasteiger partial charge on any atom is -0.457 e. The Kier molecular flexibility index (Phi) is 17.6. The first-order valence-electron chi connectivity index (χ1n) is 22.7. The summed E-state index contributed by atoms with van der Waals surface area (Å²) in [4.78, 5) is 44.3. The van der Waals surface area contributed by atoms with Crippen LogP contribution < -0.4 is 36.5 Å². The first kappa shape index (κ1) is 54.5. The molecule has 0 radical (unpaired) electrons. The highest BCUT2D eigenvalue weighted by Crippen LogP contribution is 2.35. The maximum Gasteiger partial charge on any atom is 0.419 e. The van der Waals surface area contributed by atoms with Crippen LogP contribution in [-0.4, -0.2) is 92.6 Å². The fourth-order valence-corrected chi connectivity index (χ4v) is 7.31. The van der Waals surface area contributed by atoms with Crippen LogP contribution >= 0.6 is 12.2 Å². The molecule has 2 fully saturated rings. The fourth-order valence-electron chi connectivity index (χ4n) is 7.20. The summed E-state index contributed by atoms with van der Waals surface area (Å²) in [6.45, 7) is 4.51. The van der Waals surface area contributed by atoms with Gasteiger partial charge in [-0.15, -0.1) is 0 Å². The largest absolute Gasteiger partial charge is 0.457 e. The number of hydrogen-bond donors (Lipinski definition) is 5. The summed E-state index contributed by atoms with van der Waals surface area (Å²) in [5.41, 5.74) is 6.12. The number of aryl methyl sites for hydroxylation is 1. The van der Waals surface area contributed by atoms with Crippen molar-refractivity contribution in [3.63, 3.8) is 0 Å². The molecule has 0 spiro atoms. The predicted octanol–water partition coefficient (Wildman–Crippen LogP) is 11.0. The topological polar surface area (TPSA) is 189 Å². The average Bonchev–Trinajstić information content (AvgIpc) is 3.62. The predicted molar refractivity (Wildman–Crippen MR) is 270 cm³/mol. The summed E-state index contributed by atoms with van der Waals surface area (Å²) >= 11 is 4.22. The molecule has 2 saturated heterocycles. The zero-order valence-electron chi connectivity index (χ0n) is 39.8. The van der Waals surface area contributed by atoms with Gasteiger partial charge in [-0.25, -0.2) is 23.7 Å². The maximum atomic E-state index is 14.0. The number of nitrogens with two attached hydrogens (primary N) is 1. The van der Waals surface area contributed by atoms with E-state index in [1.807, 2.05) is 29.2 Å². The lowest BCUT2D eigenvalue weighted by Crippen LogP contribution is -2.42. The highest BCUT2D eigenvalue weighted by atomic mass is 32.1. The maximum absolute atomic E-state index is 14.0. The second-order valence-electron chi connectivity index (χ2n) is 16.6. The van der Waals surface area contributed by atoms with Gasteiger partial charge in [-0.2, -0.15) is 31.3 Å². The number of nitrogens with zero attached hydrogens (tertiary/aromatic N) is 7. The Morgan fingerprint density at radius 2 is 1.23 bits per heavy atom. The van der Waals surface area contributed by atoms with Crippen molar-refractivity contribution in [2.75, 3.05) is 73.3 Å². The number of amides is 2. The molecular weight excluding hydrogens is 1020 g/mol. The molecule has 25 heteroatoms. The SMILES string of the molecule is CNc1ccc(Oc2ccnc(NC(=O)CN3CCC3)c2)cc1N.Cn1c(Nc2ccc(C(F)(F)F)c(F)c2)nc2cc(Oc3ccnc(NC(=O)CN4CCC4)c3)ccc21.Fc1cc(N=C=S)ccc1C(F)(F)F. The number of aliphatic imine (C=N–C) groups is 1. The first-order valence-corrected chi connectivity index (χ1v) is 23.1. The minimum atomic E-state index is -4.77. The number of hydrogen-bond acceptors (Lipinski definition) is 14. The van der Waals surface area contributed by atoms with Crippen LogP contribution in [0.4, 0.5) is 75.5 Å². The third-order valence-electron chi connectivity index (χ3n) is 11.2. The number of benzene rings is 4. The van der Waals surface area contributed by atoms with E-state index in [-0.39, 0.29) is 23.2 Å². The van der Waals surface area contributed by atoms with Crippen molar-refractivity contribution in [2.45, 2.75) is 25.2 Å². The Bertz CT molecular complexity index is 3220. The normalized spacial score (nSPS) is 13.3. The summed E-state index contributed by atoms with van der Waals surface area (Å²) in [5.74, 6) is 0.331. The molecule has 75 heavy (non-hydrogen) atoms. The standard InChI is InChI=1S/C25H22F4N6O2.C17H21N5O2.C8H3F4NS/c1-34-21-6-4-16(37-17-7-8-30-22(13-17)33-23(36)14-35-9-2-10-35)12-20(21)32-24(34)31-15-3-5-18(19(26)11-15)25(27,28)29;1-19-15-4-3-12(9-14(15)18)24-13-5-6-20-16(10-13)21-17(23)11-22-7-2-8-22;9-7-3-5(13-4-14)1-2-6(7)8(10,11)12/h3-8,11-13H,2,9-10,14H2,1H3,(H,31,32)(H,30,33,36);3-6,9-10,19H,2,7-8,11,18H2,1H3,(H,20,21,23);1-3H. The van der Waals surface area contributed by atoms with Gasteiger partial charge in [0.2, 0.25) is 17.8 Å². The van der Waals surface area contributed by atoms with Gasteiger partial charge in [-0.05, 0) is 118 Å². The average molecular weight is 1060 g/mol. The van der Waals surface area contributed by atoms with E-state index in [2.05, 4.69) is 58.3 Å². The van der Waals surface area contributed by atoms with Gasteiger partial charge in [-0.3, -0.25) is 19.4 Å². The number of thiocarbonyl (C=S) groups is 1. The van der Waals surface area contributed by atoms with Crippen molar-refractivity contribution in [1.82, 2.24) is 29.3 Å². The molecule has 0 atom stereocenters. The Morgan fingerprint density at radius 1 is 0.707 bits per heavy atom. The van der Waals surface area contributed by atoms with E-state index in [0.29, 0.717) is 83.1 Å². The highest BCUT2D eigenvalue weighted by molar-refractivity contribution is 7.78. The molecule has 9 rings (SSSR count). The monoisotopic (exact) mass is 1060 g/mol. The molecule has 6 N–H and O–H groups in total. The first-order chi connectivity index (χ1) is 35.7. The van der Waals surface area contributed by atoms with E-state index in [1.54, 1.807) is 66.3 Å². The zero-order chi connectivity index (χ0) is 53.9. The molecular formula is C50H46F8N12O4S. The molecule has 2 amide bonds. The number of halogens is 8. The van der Waals surface area contributed by atoms with Gasteiger partial charge in [-0.1, -0.05) is 0 Å². The third-order valence-corrected chi connectivity index (χ3v) is 11.3. The number of pyridine rings is 2. The van der Waals surface area contributed by atoms with Crippen LogP contribution in [0, 0.1) is 11.6 Å². The van der Waals surface area contributed by atoms with Crippen molar-refractivity contribution in [1.29, 1.82) is 0 Å². The van der Waals surface area contributed by atoms with Gasteiger partial charge in [0.25, 0.3) is 0 Å². The Morgan fingerprint density at radius 3 is 1.71 bits per heavy atom. The fraction of sp³-hybridized carbons (Fsp3) is 0.240. The minimum absolute atomic E-state index is 0.00509. The number of rotatable bonds is 14. The second-order valence-corrected chi connectivity index (χ2v) is 16.8. The number of anilines is 6. The highest BCUT2D eigenvalue weighted by Gasteiger charge is 2.35. The van der Waals surface area contributed by atoms with E-state index in [9.17, 15) is 44.7 Å². The summed E-state index contributed by atoms with van der Waals surface area (Å²) in [6, 6.07) is 22.2. The van der Waals surface area contributed by atoms with Gasteiger partial charge in [0.05, 0.1) is 57.5 Å². The van der Waals surface area contributed by atoms with Gasteiger partial charge >= 0.3 is 12.4 Å². The molecule has 7 aromatic rings. The zero-order valence-corrected chi connectivity index (χ0v) is 40.6. The number of fused-ring (bicyclic) bond motifs is 1. The number of carbonyl (C=O) groups is 2. The summed E-state index contributed by atoms with van der Waals surface area (Å²) in [6.07, 6.45) is -4.08. The lowest BCUT2D eigenvalue weighted by Gasteiger charge is -2.29. The van der Waals surface area contributed by atoms with E-state index < -0.39 is 35.1 Å². The molecule has 392 valence electrons. The Labute approximate surface area is 428 Å². The Hall–Kier alpha value is -8.25. The van der Waals surface area contributed by atoms with Crippen molar-refractivity contribution < 1.29 is 54.2 Å². The van der Waals surface area contributed by atoms with Gasteiger partial charge in [0, 0.05) is 62.5 Å². The van der Waals surface area contributed by atoms with Crippen LogP contribution in [0.25, 0.3) is 11.0 Å². The third kappa shape index (κ3) is 15.2. The van der Waals surface area contributed by atoms with Gasteiger partial charge < -0.3 is 41.0 Å². The smallest absolute Gasteiger partial charge is 0.419 e. The molecule has 2 aliphatic heterocycles. The number of isothiocyanates is 1. The van der Waals surface area contributed by atoms with Crippen LogP contribution in [0.2, 0.25) is 0 Å². The van der Waals surface area contributed by atoms with Crippen LogP contribution in [0.1, 0.15) is 24.0 Å². The number of aromatic nitrogens is 4. The number of imidazole rings is 1. The van der Waals surface area contributed by atoms with Crippen LogP contribution in [0.15, 0.2) is 114 Å². The van der Waals surface area contributed by atoms with E-state index in [1.165, 1.54) is 6.20 Å². The van der Waals surface area contributed by atoms with Crippen LogP contribution in [0.3, 0.4) is 0 Å². The molecule has 0 unspecified atom stereocenters. The molecule has 2 aliphatic rings. The molecule has 0 aliphatic carbocycles. The van der Waals surface area contributed by atoms with E-state index >= 15 is 0 Å². The number of nitrogens with one attached hydrogen (secondary N) is 4. The lowest BCUT2D eigenvalue weighted by molar-refractivity contribution is -0.140. The summed E-state index contributed by atoms with van der Waals surface area (Å²) in [5, 5.41) is 13.3. The van der Waals surface area contributed by atoms with E-state index in [0.717, 1.165) is 68.4 Å². The van der Waals surface area contributed by atoms with Gasteiger partial charge in [0.15, 0.2) is 0 Å². The molecule has 5 heterocycles. The summed E-state index contributed by atoms with van der Waals surface area (Å²) < 4.78 is 115. The number of likely N-dealkylation sites (tertiary alicyclic amines) is 2. The lowest BCUT2D eigenvalue weighted by atomic mass is 10.2. The number of carbonyl (C=O) groups excluding carboxylic acids is 2. The number of nitrogen functional groups attached to an aromatic ring is 1.